The molecule has 1 aromatic heterocycles. The minimum Gasteiger partial charge on any atom is -0.464 e. The van der Waals surface area contributed by atoms with E-state index in [2.05, 4.69) is 38.2 Å². The number of para-hydroxylation sites is 1. The molecular formula is C17H25NO. The van der Waals surface area contributed by atoms with Crippen LogP contribution in [-0.2, 0) is 0 Å². The number of furan rings is 1. The molecule has 0 spiro atoms. The van der Waals surface area contributed by atoms with Gasteiger partial charge in [0.2, 0.25) is 0 Å². The molecule has 1 aromatic carbocycles. The van der Waals surface area contributed by atoms with Crippen LogP contribution in [0.25, 0.3) is 11.0 Å². The Morgan fingerprint density at radius 3 is 2.68 bits per heavy atom. The first-order valence-electron chi connectivity index (χ1n) is 7.42. The zero-order valence-corrected chi connectivity index (χ0v) is 12.3. The average Bonchev–Trinajstić information content (AvgIpc) is 2.81. The third-order valence-corrected chi connectivity index (χ3v) is 3.61. The second kappa shape index (κ2) is 6.76. The molecule has 0 aliphatic heterocycles. The van der Waals surface area contributed by atoms with Crippen molar-refractivity contribution >= 4 is 11.0 Å². The lowest BCUT2D eigenvalue weighted by Crippen LogP contribution is -2.20. The first kappa shape index (κ1) is 14.1. The standard InChI is InChI=1S/C17H25NO/c1-4-18-16(10-7-8-13(2)3)15-12-19-17-11-6-5-9-14(15)17/h5-6,9,11-13,16,18H,4,7-8,10H2,1-3H3. The normalized spacial score (nSPS) is 13.3. The van der Waals surface area contributed by atoms with E-state index in [4.69, 9.17) is 4.42 Å². The summed E-state index contributed by atoms with van der Waals surface area (Å²) < 4.78 is 5.66. The fourth-order valence-corrected chi connectivity index (χ4v) is 2.61. The number of nitrogens with one attached hydrogen (secondary N) is 1. The van der Waals surface area contributed by atoms with Gasteiger partial charge in [0, 0.05) is 17.0 Å². The molecule has 0 fully saturated rings. The zero-order chi connectivity index (χ0) is 13.7. The lowest BCUT2D eigenvalue weighted by Gasteiger charge is -2.17. The zero-order valence-electron chi connectivity index (χ0n) is 12.3. The van der Waals surface area contributed by atoms with Gasteiger partial charge in [-0.15, -0.1) is 0 Å². The van der Waals surface area contributed by atoms with Crippen molar-refractivity contribution in [1.29, 1.82) is 0 Å². The molecule has 1 unspecified atom stereocenters. The van der Waals surface area contributed by atoms with E-state index in [0.717, 1.165) is 18.0 Å². The molecule has 0 saturated carbocycles. The number of hydrogen-bond donors (Lipinski definition) is 1. The summed E-state index contributed by atoms with van der Waals surface area (Å²) in [5.74, 6) is 0.781. The summed E-state index contributed by atoms with van der Waals surface area (Å²) in [6, 6.07) is 8.71. The Labute approximate surface area is 116 Å². The second-order valence-corrected chi connectivity index (χ2v) is 5.62. The lowest BCUT2D eigenvalue weighted by molar-refractivity contribution is 0.453. The fraction of sp³-hybridized carbons (Fsp3) is 0.529. The molecule has 0 saturated heterocycles. The van der Waals surface area contributed by atoms with Crippen LogP contribution in [0.3, 0.4) is 0 Å². The van der Waals surface area contributed by atoms with E-state index in [1.165, 1.54) is 30.2 Å². The monoisotopic (exact) mass is 259 g/mol. The molecular weight excluding hydrogens is 234 g/mol. The van der Waals surface area contributed by atoms with E-state index in [1.807, 2.05) is 18.4 Å². The minimum atomic E-state index is 0.410. The van der Waals surface area contributed by atoms with E-state index in [1.54, 1.807) is 0 Å². The highest BCUT2D eigenvalue weighted by Crippen LogP contribution is 2.29. The Balaban J connectivity index is 2.13. The fourth-order valence-electron chi connectivity index (χ4n) is 2.61. The van der Waals surface area contributed by atoms with E-state index in [-0.39, 0.29) is 0 Å². The summed E-state index contributed by atoms with van der Waals surface area (Å²) in [5, 5.41) is 4.84. The molecule has 0 bridgehead atoms. The summed E-state index contributed by atoms with van der Waals surface area (Å²) >= 11 is 0. The Kier molecular flexibility index (Phi) is 5.03. The molecule has 2 rings (SSSR count). The maximum atomic E-state index is 5.66. The van der Waals surface area contributed by atoms with Crippen LogP contribution in [-0.4, -0.2) is 6.54 Å². The number of fused-ring (bicyclic) bond motifs is 1. The molecule has 2 aromatic rings. The molecule has 104 valence electrons. The van der Waals surface area contributed by atoms with Crippen molar-refractivity contribution in [3.63, 3.8) is 0 Å². The van der Waals surface area contributed by atoms with Crippen LogP contribution in [0.4, 0.5) is 0 Å². The van der Waals surface area contributed by atoms with Gasteiger partial charge in [-0.05, 0) is 24.9 Å². The van der Waals surface area contributed by atoms with Gasteiger partial charge in [-0.3, -0.25) is 0 Å². The van der Waals surface area contributed by atoms with Crippen LogP contribution in [0, 0.1) is 5.92 Å². The van der Waals surface area contributed by atoms with E-state index in [0.29, 0.717) is 6.04 Å². The highest BCUT2D eigenvalue weighted by molar-refractivity contribution is 5.81. The predicted molar refractivity (Wildman–Crippen MR) is 81.3 cm³/mol. The predicted octanol–water partition coefficient (Wildman–Crippen LogP) is 4.91. The Hall–Kier alpha value is -1.28. The van der Waals surface area contributed by atoms with Crippen LogP contribution < -0.4 is 5.32 Å². The van der Waals surface area contributed by atoms with Crippen molar-refractivity contribution in [1.82, 2.24) is 5.32 Å². The van der Waals surface area contributed by atoms with Gasteiger partial charge in [0.25, 0.3) is 0 Å². The Morgan fingerprint density at radius 1 is 1.16 bits per heavy atom. The van der Waals surface area contributed by atoms with Gasteiger partial charge in [-0.1, -0.05) is 51.8 Å². The summed E-state index contributed by atoms with van der Waals surface area (Å²) in [6.07, 6.45) is 5.65. The first-order chi connectivity index (χ1) is 9.22. The molecule has 0 aliphatic rings. The number of rotatable bonds is 7. The highest BCUT2D eigenvalue weighted by Gasteiger charge is 2.15. The molecule has 2 heteroatoms. The van der Waals surface area contributed by atoms with Crippen molar-refractivity contribution < 1.29 is 4.42 Å². The molecule has 1 heterocycles. The molecule has 2 nitrogen and oxygen atoms in total. The summed E-state index contributed by atoms with van der Waals surface area (Å²) in [7, 11) is 0. The third-order valence-electron chi connectivity index (χ3n) is 3.61. The molecule has 0 amide bonds. The summed E-state index contributed by atoms with van der Waals surface area (Å²) in [4.78, 5) is 0. The van der Waals surface area contributed by atoms with Crippen LogP contribution in [0.2, 0.25) is 0 Å². The van der Waals surface area contributed by atoms with Gasteiger partial charge in [0.15, 0.2) is 0 Å². The van der Waals surface area contributed by atoms with E-state index < -0.39 is 0 Å². The van der Waals surface area contributed by atoms with Gasteiger partial charge in [-0.25, -0.2) is 0 Å². The number of benzene rings is 1. The van der Waals surface area contributed by atoms with Crippen molar-refractivity contribution in [3.05, 3.63) is 36.1 Å². The minimum absolute atomic E-state index is 0.410. The van der Waals surface area contributed by atoms with Gasteiger partial charge < -0.3 is 9.73 Å². The number of hydrogen-bond acceptors (Lipinski definition) is 2. The summed E-state index contributed by atoms with van der Waals surface area (Å²) in [5.41, 5.74) is 2.30. The maximum absolute atomic E-state index is 5.66. The quantitative estimate of drug-likeness (QED) is 0.764. The Bertz CT molecular complexity index is 501. The van der Waals surface area contributed by atoms with Crippen LogP contribution in [0.5, 0.6) is 0 Å². The van der Waals surface area contributed by atoms with Crippen LogP contribution in [0.15, 0.2) is 34.9 Å². The van der Waals surface area contributed by atoms with E-state index in [9.17, 15) is 0 Å². The van der Waals surface area contributed by atoms with Gasteiger partial charge in [-0.2, -0.15) is 0 Å². The Morgan fingerprint density at radius 2 is 1.95 bits per heavy atom. The first-order valence-corrected chi connectivity index (χ1v) is 7.42. The smallest absolute Gasteiger partial charge is 0.134 e. The summed E-state index contributed by atoms with van der Waals surface area (Å²) in [6.45, 7) is 7.73. The molecule has 0 radical (unpaired) electrons. The second-order valence-electron chi connectivity index (χ2n) is 5.62. The SMILES string of the molecule is CCNC(CCCC(C)C)c1coc2ccccc12. The van der Waals surface area contributed by atoms with Crippen LogP contribution >= 0.6 is 0 Å². The third kappa shape index (κ3) is 3.60. The molecule has 1 N–H and O–H groups in total. The van der Waals surface area contributed by atoms with Gasteiger partial charge >= 0.3 is 0 Å². The van der Waals surface area contributed by atoms with Gasteiger partial charge in [0.1, 0.15) is 5.58 Å². The van der Waals surface area contributed by atoms with E-state index >= 15 is 0 Å². The van der Waals surface area contributed by atoms with Crippen LogP contribution in [0.1, 0.15) is 51.6 Å². The van der Waals surface area contributed by atoms with Crippen molar-refractivity contribution in [2.45, 2.75) is 46.1 Å². The topological polar surface area (TPSA) is 25.2 Å². The molecule has 1 atom stereocenters. The maximum Gasteiger partial charge on any atom is 0.134 e. The molecule has 19 heavy (non-hydrogen) atoms. The van der Waals surface area contributed by atoms with Crippen molar-refractivity contribution in [2.75, 3.05) is 6.54 Å². The van der Waals surface area contributed by atoms with Crippen molar-refractivity contribution in [2.24, 2.45) is 5.92 Å². The van der Waals surface area contributed by atoms with Gasteiger partial charge in [0.05, 0.1) is 6.26 Å². The lowest BCUT2D eigenvalue weighted by atomic mass is 9.97. The largest absolute Gasteiger partial charge is 0.464 e. The highest BCUT2D eigenvalue weighted by atomic mass is 16.3. The average molecular weight is 259 g/mol. The molecule has 0 aliphatic carbocycles. The van der Waals surface area contributed by atoms with Crippen molar-refractivity contribution in [3.8, 4) is 0 Å².